The zero-order valence-corrected chi connectivity index (χ0v) is 12.0. The van der Waals surface area contributed by atoms with Gasteiger partial charge in [-0.25, -0.2) is 4.98 Å². The van der Waals surface area contributed by atoms with E-state index in [0.29, 0.717) is 35.6 Å². The minimum atomic E-state index is -4.32. The van der Waals surface area contributed by atoms with Crippen LogP contribution in [0.1, 0.15) is 33.4 Å². The van der Waals surface area contributed by atoms with Gasteiger partial charge in [-0.3, -0.25) is 4.79 Å². The number of halogens is 3. The predicted molar refractivity (Wildman–Crippen MR) is 75.7 cm³/mol. The minimum Gasteiger partial charge on any atom is -0.357 e. The third-order valence-electron chi connectivity index (χ3n) is 2.89. The first-order chi connectivity index (χ1) is 9.94. The molecule has 0 amide bonds. The van der Waals surface area contributed by atoms with E-state index < -0.39 is 11.7 Å². The van der Waals surface area contributed by atoms with Crippen LogP contribution < -0.4 is 5.32 Å². The summed E-state index contributed by atoms with van der Waals surface area (Å²) in [4.78, 5) is 15.8. The highest BCUT2D eigenvalue weighted by molar-refractivity contribution is 7.15. The number of carbonyl (C=O) groups is 1. The van der Waals surface area contributed by atoms with E-state index in [1.807, 2.05) is 6.92 Å². The number of aldehydes is 1. The predicted octanol–water partition coefficient (Wildman–Crippen LogP) is 4.15. The Morgan fingerprint density at radius 2 is 1.95 bits per heavy atom. The van der Waals surface area contributed by atoms with Crippen LogP contribution in [0, 0.1) is 0 Å². The van der Waals surface area contributed by atoms with Gasteiger partial charge in [0.25, 0.3) is 0 Å². The second-order valence-electron chi connectivity index (χ2n) is 4.35. The van der Waals surface area contributed by atoms with Crippen LogP contribution in [0.3, 0.4) is 0 Å². The molecule has 0 aliphatic carbocycles. The Balaban J connectivity index is 2.03. The van der Waals surface area contributed by atoms with Crippen molar-refractivity contribution in [2.24, 2.45) is 0 Å². The van der Waals surface area contributed by atoms with E-state index in [2.05, 4.69) is 10.3 Å². The Kier molecular flexibility index (Phi) is 4.62. The van der Waals surface area contributed by atoms with E-state index >= 15 is 0 Å². The van der Waals surface area contributed by atoms with Crippen molar-refractivity contribution in [2.75, 3.05) is 5.32 Å². The van der Waals surface area contributed by atoms with Crippen molar-refractivity contribution < 1.29 is 18.0 Å². The number of carbonyl (C=O) groups excluding carboxylic acids is 1. The van der Waals surface area contributed by atoms with Crippen molar-refractivity contribution in [3.8, 4) is 0 Å². The summed E-state index contributed by atoms with van der Waals surface area (Å²) in [5.74, 6) is 0. The molecule has 21 heavy (non-hydrogen) atoms. The quantitative estimate of drug-likeness (QED) is 0.843. The Morgan fingerprint density at radius 1 is 1.29 bits per heavy atom. The lowest BCUT2D eigenvalue weighted by atomic mass is 10.1. The molecule has 2 rings (SSSR count). The Hall–Kier alpha value is -1.89. The molecule has 112 valence electrons. The first kappa shape index (κ1) is 15.5. The van der Waals surface area contributed by atoms with Crippen molar-refractivity contribution in [1.29, 1.82) is 0 Å². The molecule has 1 aromatic carbocycles. The summed E-state index contributed by atoms with van der Waals surface area (Å²) in [5.41, 5.74) is 0.457. The fourth-order valence-electron chi connectivity index (χ4n) is 1.77. The summed E-state index contributed by atoms with van der Waals surface area (Å²) in [6.45, 7) is 2.28. The first-order valence-corrected chi connectivity index (χ1v) is 7.10. The van der Waals surface area contributed by atoms with E-state index in [4.69, 9.17) is 0 Å². The number of aromatic nitrogens is 1. The van der Waals surface area contributed by atoms with Crippen LogP contribution >= 0.6 is 11.3 Å². The number of nitrogens with one attached hydrogen (secondary N) is 1. The molecule has 3 nitrogen and oxygen atoms in total. The lowest BCUT2D eigenvalue weighted by Crippen LogP contribution is -2.05. The van der Waals surface area contributed by atoms with Gasteiger partial charge in [0.05, 0.1) is 5.56 Å². The van der Waals surface area contributed by atoms with Crippen LogP contribution in [-0.2, 0) is 19.1 Å². The van der Waals surface area contributed by atoms with Crippen LogP contribution in [0.5, 0.6) is 0 Å². The minimum absolute atomic E-state index is 0.354. The molecular weight excluding hydrogens is 301 g/mol. The molecule has 0 bridgehead atoms. The topological polar surface area (TPSA) is 42.0 Å². The van der Waals surface area contributed by atoms with E-state index in [1.54, 1.807) is 0 Å². The molecule has 1 heterocycles. The van der Waals surface area contributed by atoms with Gasteiger partial charge >= 0.3 is 6.18 Å². The lowest BCUT2D eigenvalue weighted by molar-refractivity contribution is -0.137. The number of rotatable bonds is 5. The lowest BCUT2D eigenvalue weighted by Gasteiger charge is -2.08. The highest BCUT2D eigenvalue weighted by Gasteiger charge is 2.29. The number of thiazole rings is 1. The van der Waals surface area contributed by atoms with Crippen molar-refractivity contribution in [1.82, 2.24) is 4.98 Å². The summed E-state index contributed by atoms with van der Waals surface area (Å²) < 4.78 is 37.3. The van der Waals surface area contributed by atoms with Crippen LogP contribution in [0.2, 0.25) is 0 Å². The molecule has 0 aliphatic heterocycles. The van der Waals surface area contributed by atoms with Crippen molar-refractivity contribution >= 4 is 22.8 Å². The maximum Gasteiger partial charge on any atom is 0.416 e. The molecular formula is C14H13F3N2OS. The van der Waals surface area contributed by atoms with Gasteiger partial charge in [0.15, 0.2) is 11.4 Å². The number of nitrogens with zero attached hydrogens (tertiary/aromatic N) is 1. The smallest absolute Gasteiger partial charge is 0.357 e. The summed E-state index contributed by atoms with van der Waals surface area (Å²) >= 11 is 1.38. The first-order valence-electron chi connectivity index (χ1n) is 6.29. The SMILES string of the molecule is CCc1sc(NCc2ccc(C(F)(F)F)cc2)nc1C=O. The van der Waals surface area contributed by atoms with Crippen LogP contribution in [0.25, 0.3) is 0 Å². The van der Waals surface area contributed by atoms with E-state index in [1.165, 1.54) is 23.5 Å². The molecule has 1 N–H and O–H groups in total. The van der Waals surface area contributed by atoms with E-state index in [0.717, 1.165) is 17.0 Å². The van der Waals surface area contributed by atoms with Gasteiger partial charge in [-0.1, -0.05) is 19.1 Å². The van der Waals surface area contributed by atoms with Gasteiger partial charge in [-0.2, -0.15) is 13.2 Å². The molecule has 0 saturated carbocycles. The summed E-state index contributed by atoms with van der Waals surface area (Å²) in [6.07, 6.45) is -2.90. The summed E-state index contributed by atoms with van der Waals surface area (Å²) in [5, 5.41) is 3.61. The zero-order chi connectivity index (χ0) is 15.5. The van der Waals surface area contributed by atoms with Gasteiger partial charge in [0.1, 0.15) is 5.69 Å². The van der Waals surface area contributed by atoms with Crippen LogP contribution in [-0.4, -0.2) is 11.3 Å². The van der Waals surface area contributed by atoms with Crippen molar-refractivity contribution in [3.63, 3.8) is 0 Å². The molecule has 2 aromatic rings. The molecule has 0 fully saturated rings. The zero-order valence-electron chi connectivity index (χ0n) is 11.2. The van der Waals surface area contributed by atoms with Crippen molar-refractivity contribution in [3.05, 3.63) is 46.0 Å². The van der Waals surface area contributed by atoms with E-state index in [9.17, 15) is 18.0 Å². The van der Waals surface area contributed by atoms with E-state index in [-0.39, 0.29) is 0 Å². The van der Waals surface area contributed by atoms with Gasteiger partial charge in [-0.15, -0.1) is 11.3 Å². The standard InChI is InChI=1S/C14H13F3N2OS/c1-2-12-11(8-20)19-13(21-12)18-7-9-3-5-10(6-4-9)14(15,16)17/h3-6,8H,2,7H2,1H3,(H,18,19). The fraction of sp³-hybridized carbons (Fsp3) is 0.286. The molecule has 0 saturated heterocycles. The third kappa shape index (κ3) is 3.81. The maximum atomic E-state index is 12.4. The van der Waals surface area contributed by atoms with Gasteiger partial charge in [0, 0.05) is 11.4 Å². The monoisotopic (exact) mass is 314 g/mol. The number of benzene rings is 1. The summed E-state index contributed by atoms with van der Waals surface area (Å²) in [7, 11) is 0. The largest absolute Gasteiger partial charge is 0.416 e. The van der Waals surface area contributed by atoms with Crippen LogP contribution in [0.15, 0.2) is 24.3 Å². The average Bonchev–Trinajstić information content (AvgIpc) is 2.87. The molecule has 0 spiro atoms. The second-order valence-corrected chi connectivity index (χ2v) is 5.43. The molecule has 0 unspecified atom stereocenters. The molecule has 1 aromatic heterocycles. The molecule has 0 aliphatic rings. The number of hydrogen-bond acceptors (Lipinski definition) is 4. The average molecular weight is 314 g/mol. The molecule has 7 heteroatoms. The normalized spacial score (nSPS) is 11.4. The number of anilines is 1. The van der Waals surface area contributed by atoms with Crippen molar-refractivity contribution in [2.45, 2.75) is 26.1 Å². The maximum absolute atomic E-state index is 12.4. The van der Waals surface area contributed by atoms with Gasteiger partial charge < -0.3 is 5.32 Å². The third-order valence-corrected chi connectivity index (χ3v) is 4.06. The second kappa shape index (κ2) is 6.26. The van der Waals surface area contributed by atoms with Crippen LogP contribution in [0.4, 0.5) is 18.3 Å². The Bertz CT molecular complexity index is 620. The highest BCUT2D eigenvalue weighted by Crippen LogP contribution is 2.29. The Labute approximate surface area is 123 Å². The highest BCUT2D eigenvalue weighted by atomic mass is 32.1. The van der Waals surface area contributed by atoms with Gasteiger partial charge in [-0.05, 0) is 24.1 Å². The van der Waals surface area contributed by atoms with Gasteiger partial charge in [0.2, 0.25) is 0 Å². The summed E-state index contributed by atoms with van der Waals surface area (Å²) in [6, 6.07) is 4.94. The Morgan fingerprint density at radius 3 is 2.43 bits per heavy atom. The molecule has 0 radical (unpaired) electrons. The number of alkyl halides is 3. The number of aryl methyl sites for hydroxylation is 1. The number of hydrogen-bond donors (Lipinski definition) is 1. The molecule has 0 atom stereocenters. The fourth-order valence-corrected chi connectivity index (χ4v) is 2.64.